The van der Waals surface area contributed by atoms with Crippen LogP contribution < -0.4 is 10.6 Å². The molecule has 0 bridgehead atoms. The summed E-state index contributed by atoms with van der Waals surface area (Å²) in [5, 5.41) is 6.75. The van der Waals surface area contributed by atoms with Crippen molar-refractivity contribution in [1.29, 1.82) is 0 Å². The van der Waals surface area contributed by atoms with Crippen molar-refractivity contribution in [2.75, 3.05) is 65.7 Å². The first-order valence-electron chi connectivity index (χ1n) is 10.8. The molecule has 1 saturated heterocycles. The number of hydrogen-bond donors (Lipinski definition) is 2. The second-order valence-corrected chi connectivity index (χ2v) is 7.05. The Bertz CT molecular complexity index is 525. The first-order valence-corrected chi connectivity index (χ1v) is 10.8. The number of benzene rings is 1. The van der Waals surface area contributed by atoms with Gasteiger partial charge in [0.1, 0.15) is 0 Å². The molecule has 2 N–H and O–H groups in total. The monoisotopic (exact) mass is 518 g/mol. The molecule has 1 aliphatic heterocycles. The predicted octanol–water partition coefficient (Wildman–Crippen LogP) is 2.92. The van der Waals surface area contributed by atoms with Crippen molar-refractivity contribution in [3.05, 3.63) is 35.9 Å². The van der Waals surface area contributed by atoms with Crippen molar-refractivity contribution in [2.45, 2.75) is 32.6 Å². The van der Waals surface area contributed by atoms with Gasteiger partial charge >= 0.3 is 0 Å². The van der Waals surface area contributed by atoms with Crippen LogP contribution in [0.15, 0.2) is 35.3 Å². The molecule has 0 aromatic heterocycles. The van der Waals surface area contributed by atoms with Crippen molar-refractivity contribution in [1.82, 2.24) is 15.5 Å². The number of nitrogens with zero attached hydrogens (tertiary/aromatic N) is 2. The van der Waals surface area contributed by atoms with Crippen molar-refractivity contribution in [2.24, 2.45) is 4.99 Å². The first kappa shape index (κ1) is 26.1. The van der Waals surface area contributed by atoms with Crippen molar-refractivity contribution >= 4 is 29.9 Å². The molecule has 0 aliphatic carbocycles. The van der Waals surface area contributed by atoms with Crippen LogP contribution in [0.3, 0.4) is 0 Å². The number of hydrogen-bond acceptors (Lipinski definition) is 4. The Hall–Kier alpha value is -0.900. The van der Waals surface area contributed by atoms with Crippen LogP contribution in [0.4, 0.5) is 0 Å². The van der Waals surface area contributed by atoms with E-state index in [1.165, 1.54) is 5.56 Å². The van der Waals surface area contributed by atoms with Gasteiger partial charge in [-0.2, -0.15) is 0 Å². The van der Waals surface area contributed by atoms with Crippen LogP contribution in [-0.4, -0.2) is 76.6 Å². The normalized spacial score (nSPS) is 15.0. The van der Waals surface area contributed by atoms with E-state index in [0.29, 0.717) is 0 Å². The maximum Gasteiger partial charge on any atom is 0.191 e. The van der Waals surface area contributed by atoms with E-state index in [1.807, 2.05) is 6.07 Å². The SMILES string of the molecule is CCNC(=NCCCN1CCOCC1)NCCCCOCCc1ccccc1.I. The standard InChI is InChI=1S/C22H38N4O2.HI/c1-2-23-22(25-13-8-14-26-15-19-28-20-16-26)24-12-6-7-17-27-18-11-21-9-4-3-5-10-21;/h3-5,9-10H,2,6-8,11-20H2,1H3,(H2,23,24,25);1H. The van der Waals surface area contributed by atoms with Crippen molar-refractivity contribution < 1.29 is 9.47 Å². The zero-order chi connectivity index (χ0) is 19.7. The van der Waals surface area contributed by atoms with Crippen LogP contribution in [-0.2, 0) is 15.9 Å². The Morgan fingerprint density at radius 3 is 2.62 bits per heavy atom. The molecule has 7 heteroatoms. The quantitative estimate of drug-likeness (QED) is 0.182. The summed E-state index contributed by atoms with van der Waals surface area (Å²) in [7, 11) is 0. The molecular formula is C22H39IN4O2. The van der Waals surface area contributed by atoms with Gasteiger partial charge in [-0.3, -0.25) is 9.89 Å². The molecule has 1 aromatic rings. The fourth-order valence-electron chi connectivity index (χ4n) is 3.12. The molecule has 0 amide bonds. The van der Waals surface area contributed by atoms with Crippen LogP contribution in [0.25, 0.3) is 0 Å². The molecule has 166 valence electrons. The van der Waals surface area contributed by atoms with Gasteiger partial charge < -0.3 is 20.1 Å². The average molecular weight is 518 g/mol. The van der Waals surface area contributed by atoms with Gasteiger partial charge in [-0.25, -0.2) is 0 Å². The van der Waals surface area contributed by atoms with Crippen LogP contribution in [0, 0.1) is 0 Å². The number of nitrogens with one attached hydrogen (secondary N) is 2. The number of unbranched alkanes of at least 4 members (excludes halogenated alkanes) is 1. The van der Waals surface area contributed by atoms with E-state index in [0.717, 1.165) is 97.3 Å². The molecule has 1 fully saturated rings. The smallest absolute Gasteiger partial charge is 0.191 e. The maximum absolute atomic E-state index is 5.74. The minimum atomic E-state index is 0. The Labute approximate surface area is 193 Å². The molecule has 0 spiro atoms. The number of guanidine groups is 1. The van der Waals surface area contributed by atoms with E-state index in [4.69, 9.17) is 9.47 Å². The lowest BCUT2D eigenvalue weighted by molar-refractivity contribution is 0.0377. The molecule has 29 heavy (non-hydrogen) atoms. The fourth-order valence-corrected chi connectivity index (χ4v) is 3.12. The topological polar surface area (TPSA) is 58.1 Å². The van der Waals surface area contributed by atoms with Gasteiger partial charge in [0.15, 0.2) is 5.96 Å². The van der Waals surface area contributed by atoms with Gasteiger partial charge in [-0.05, 0) is 38.2 Å². The molecule has 0 saturated carbocycles. The third-order valence-electron chi connectivity index (χ3n) is 4.74. The summed E-state index contributed by atoms with van der Waals surface area (Å²) in [6.45, 7) is 11.3. The second-order valence-electron chi connectivity index (χ2n) is 7.05. The van der Waals surface area contributed by atoms with E-state index in [1.54, 1.807) is 0 Å². The van der Waals surface area contributed by atoms with Gasteiger partial charge in [0.25, 0.3) is 0 Å². The number of ether oxygens (including phenoxy) is 2. The lowest BCUT2D eigenvalue weighted by Crippen LogP contribution is -2.38. The number of halogens is 1. The molecule has 0 atom stereocenters. The first-order chi connectivity index (χ1) is 13.9. The molecule has 0 unspecified atom stereocenters. The fraction of sp³-hybridized carbons (Fsp3) is 0.682. The number of morpholine rings is 1. The summed E-state index contributed by atoms with van der Waals surface area (Å²) < 4.78 is 11.1. The molecule has 0 radical (unpaired) electrons. The lowest BCUT2D eigenvalue weighted by Gasteiger charge is -2.26. The zero-order valence-corrected chi connectivity index (χ0v) is 20.2. The van der Waals surface area contributed by atoms with E-state index >= 15 is 0 Å². The van der Waals surface area contributed by atoms with Gasteiger partial charge in [-0.1, -0.05) is 30.3 Å². The molecule has 1 aromatic carbocycles. The summed E-state index contributed by atoms with van der Waals surface area (Å²) in [6.07, 6.45) is 4.23. The predicted molar refractivity (Wildman–Crippen MR) is 131 cm³/mol. The number of aliphatic imine (C=N–C) groups is 1. The Kier molecular flexibility index (Phi) is 16.1. The summed E-state index contributed by atoms with van der Waals surface area (Å²) >= 11 is 0. The van der Waals surface area contributed by atoms with Crippen molar-refractivity contribution in [3.63, 3.8) is 0 Å². The molecular weight excluding hydrogens is 479 g/mol. The summed E-state index contributed by atoms with van der Waals surface area (Å²) in [4.78, 5) is 7.14. The summed E-state index contributed by atoms with van der Waals surface area (Å²) in [5.74, 6) is 0.925. The highest BCUT2D eigenvalue weighted by atomic mass is 127. The van der Waals surface area contributed by atoms with Crippen LogP contribution in [0.2, 0.25) is 0 Å². The van der Waals surface area contributed by atoms with Crippen LogP contribution in [0.5, 0.6) is 0 Å². The highest BCUT2D eigenvalue weighted by Gasteiger charge is 2.08. The summed E-state index contributed by atoms with van der Waals surface area (Å²) in [6, 6.07) is 10.5. The maximum atomic E-state index is 5.74. The van der Waals surface area contributed by atoms with Gasteiger partial charge in [0, 0.05) is 45.9 Å². The third kappa shape index (κ3) is 13.1. The average Bonchev–Trinajstić information content (AvgIpc) is 2.74. The highest BCUT2D eigenvalue weighted by Crippen LogP contribution is 2.00. The minimum absolute atomic E-state index is 0. The van der Waals surface area contributed by atoms with E-state index in [-0.39, 0.29) is 24.0 Å². The van der Waals surface area contributed by atoms with Crippen LogP contribution in [0.1, 0.15) is 31.7 Å². The Morgan fingerprint density at radius 1 is 1.07 bits per heavy atom. The molecule has 1 heterocycles. The molecule has 1 aliphatic rings. The Morgan fingerprint density at radius 2 is 1.86 bits per heavy atom. The molecule has 6 nitrogen and oxygen atoms in total. The zero-order valence-electron chi connectivity index (χ0n) is 17.9. The highest BCUT2D eigenvalue weighted by molar-refractivity contribution is 14.0. The summed E-state index contributed by atoms with van der Waals surface area (Å²) in [5.41, 5.74) is 1.34. The second kappa shape index (κ2) is 17.9. The van der Waals surface area contributed by atoms with Gasteiger partial charge in [0.05, 0.1) is 19.8 Å². The number of rotatable bonds is 13. The minimum Gasteiger partial charge on any atom is -0.381 e. The van der Waals surface area contributed by atoms with Gasteiger partial charge in [-0.15, -0.1) is 24.0 Å². The van der Waals surface area contributed by atoms with E-state index < -0.39 is 0 Å². The lowest BCUT2D eigenvalue weighted by atomic mass is 10.2. The van der Waals surface area contributed by atoms with Crippen molar-refractivity contribution in [3.8, 4) is 0 Å². The largest absolute Gasteiger partial charge is 0.381 e. The molecule has 2 rings (SSSR count). The Balaban J connectivity index is 0.00000420. The van der Waals surface area contributed by atoms with E-state index in [9.17, 15) is 0 Å². The third-order valence-corrected chi connectivity index (χ3v) is 4.74. The van der Waals surface area contributed by atoms with Gasteiger partial charge in [0.2, 0.25) is 0 Å². The van der Waals surface area contributed by atoms with E-state index in [2.05, 4.69) is 51.7 Å². The van der Waals surface area contributed by atoms with Crippen LogP contribution >= 0.6 is 24.0 Å².